The Morgan fingerprint density at radius 2 is 1.39 bits per heavy atom. The van der Waals surface area contributed by atoms with Crippen molar-refractivity contribution in [3.63, 3.8) is 0 Å². The normalized spacial score (nSPS) is 16.1. The average molecular weight is 243 g/mol. The quantitative estimate of drug-likeness (QED) is 0.569. The molecule has 0 saturated heterocycles. The van der Waals surface area contributed by atoms with E-state index in [1.807, 2.05) is 0 Å². The van der Waals surface area contributed by atoms with Crippen molar-refractivity contribution in [2.24, 2.45) is 0 Å². The van der Waals surface area contributed by atoms with Crippen LogP contribution in [0.5, 0.6) is 0 Å². The lowest BCUT2D eigenvalue weighted by Gasteiger charge is -2.47. The summed E-state index contributed by atoms with van der Waals surface area (Å²) in [4.78, 5) is 4.02. The fourth-order valence-electron chi connectivity index (χ4n) is 2.23. The van der Waals surface area contributed by atoms with Gasteiger partial charge in [-0.15, -0.1) is 4.81 Å². The molecule has 0 spiro atoms. The van der Waals surface area contributed by atoms with Gasteiger partial charge in [0.1, 0.15) is 0 Å². The van der Waals surface area contributed by atoms with E-state index in [0.717, 1.165) is 5.06 Å². The van der Waals surface area contributed by atoms with E-state index < -0.39 is 4.81 Å². The Morgan fingerprint density at radius 3 is 1.83 bits per heavy atom. The third kappa shape index (κ3) is 1.30. The lowest BCUT2D eigenvalue weighted by molar-refractivity contribution is -0.0287. The highest BCUT2D eigenvalue weighted by Gasteiger charge is 2.36. The lowest BCUT2D eigenvalue weighted by Crippen LogP contribution is -2.40. The fraction of sp³-hybridized carbons (Fsp3) is 0.0769. The summed E-state index contributed by atoms with van der Waals surface area (Å²) < 4.78 is 0. The standard InChI is InChI=1S/C13H11N2O3/c1-18-15(17)12-8-4-2-6-10(12)14(16)11-7-3-5-9-13(11)15/h2-9H,1H3/q-1. The van der Waals surface area contributed by atoms with Crippen LogP contribution in [0.3, 0.4) is 0 Å². The van der Waals surface area contributed by atoms with Gasteiger partial charge in [0.25, 0.3) is 0 Å². The van der Waals surface area contributed by atoms with Gasteiger partial charge < -0.3 is 15.5 Å². The highest BCUT2D eigenvalue weighted by Crippen LogP contribution is 2.51. The fourth-order valence-corrected chi connectivity index (χ4v) is 2.23. The van der Waals surface area contributed by atoms with Crippen molar-refractivity contribution in [1.29, 1.82) is 0 Å². The van der Waals surface area contributed by atoms with Crippen LogP contribution in [0.25, 0.3) is 0 Å². The summed E-state index contributed by atoms with van der Waals surface area (Å²) in [7, 11) is 1.33. The molecule has 5 heteroatoms. The molecule has 0 atom stereocenters. The van der Waals surface area contributed by atoms with E-state index in [4.69, 9.17) is 4.84 Å². The molecule has 0 bridgehead atoms. The highest BCUT2D eigenvalue weighted by molar-refractivity contribution is 5.90. The zero-order valence-electron chi connectivity index (χ0n) is 9.74. The smallest absolute Gasteiger partial charge is 0.194 e. The Bertz CT molecular complexity index is 553. The summed E-state index contributed by atoms with van der Waals surface area (Å²) in [5.41, 5.74) is 1.20. The van der Waals surface area contributed by atoms with Gasteiger partial charge >= 0.3 is 0 Å². The number of hydrogen-bond donors (Lipinski definition) is 0. The Hall–Kier alpha value is -1.92. The van der Waals surface area contributed by atoms with Gasteiger partial charge in [-0.1, -0.05) is 24.3 Å². The predicted octanol–water partition coefficient (Wildman–Crippen LogP) is 3.33. The van der Waals surface area contributed by atoms with Crippen LogP contribution in [0.4, 0.5) is 22.7 Å². The summed E-state index contributed by atoms with van der Waals surface area (Å²) in [5.74, 6) is 0. The minimum absolute atomic E-state index is 0.286. The van der Waals surface area contributed by atoms with Crippen LogP contribution in [0, 0.1) is 10.4 Å². The van der Waals surface area contributed by atoms with Gasteiger partial charge in [0.05, 0.1) is 18.5 Å². The molecule has 5 nitrogen and oxygen atoms in total. The van der Waals surface area contributed by atoms with Crippen LogP contribution >= 0.6 is 0 Å². The average Bonchev–Trinajstić information content (AvgIpc) is 2.45. The van der Waals surface area contributed by atoms with Crippen LogP contribution in [0.15, 0.2) is 48.5 Å². The van der Waals surface area contributed by atoms with Crippen molar-refractivity contribution in [3.8, 4) is 0 Å². The van der Waals surface area contributed by atoms with Crippen molar-refractivity contribution in [2.75, 3.05) is 12.2 Å². The Balaban J connectivity index is 2.34. The highest BCUT2D eigenvalue weighted by atomic mass is 16.9. The molecule has 0 saturated carbocycles. The summed E-state index contributed by atoms with van der Waals surface area (Å²) in [6.45, 7) is 0. The Labute approximate surface area is 104 Å². The molecular formula is C13H11N2O3-. The molecule has 0 fully saturated rings. The van der Waals surface area contributed by atoms with Crippen LogP contribution in [0.2, 0.25) is 0 Å². The van der Waals surface area contributed by atoms with Crippen molar-refractivity contribution in [2.45, 2.75) is 0 Å². The maximum atomic E-state index is 12.8. The molecule has 2 aromatic rings. The van der Waals surface area contributed by atoms with Crippen LogP contribution < -0.4 is 9.87 Å². The number of benzene rings is 2. The summed E-state index contributed by atoms with van der Waals surface area (Å²) >= 11 is 0. The first-order valence-corrected chi connectivity index (χ1v) is 5.51. The van der Waals surface area contributed by atoms with E-state index in [1.54, 1.807) is 48.5 Å². The first-order chi connectivity index (χ1) is 8.68. The molecule has 92 valence electrons. The molecule has 18 heavy (non-hydrogen) atoms. The van der Waals surface area contributed by atoms with E-state index in [9.17, 15) is 10.4 Å². The zero-order valence-corrected chi connectivity index (χ0v) is 9.74. The third-order valence-electron chi connectivity index (χ3n) is 3.09. The molecule has 1 aliphatic heterocycles. The van der Waals surface area contributed by atoms with Gasteiger partial charge in [-0.2, -0.15) is 4.84 Å². The second-order valence-electron chi connectivity index (χ2n) is 4.01. The SMILES string of the molecule is CO[N+]1([O-])c2ccccc2N([O-])c2ccccc21. The molecule has 0 aliphatic carbocycles. The maximum absolute atomic E-state index is 12.8. The first kappa shape index (κ1) is 11.2. The summed E-state index contributed by atoms with van der Waals surface area (Å²) in [5, 5.41) is 25.8. The van der Waals surface area contributed by atoms with E-state index in [1.165, 1.54) is 7.11 Å². The van der Waals surface area contributed by atoms with E-state index in [2.05, 4.69) is 0 Å². The molecule has 1 aliphatic rings. The van der Waals surface area contributed by atoms with E-state index in [0.29, 0.717) is 11.4 Å². The van der Waals surface area contributed by atoms with E-state index >= 15 is 0 Å². The number of rotatable bonds is 1. The molecule has 0 amide bonds. The minimum Gasteiger partial charge on any atom is -0.753 e. The van der Waals surface area contributed by atoms with Crippen LogP contribution in [-0.4, -0.2) is 7.11 Å². The first-order valence-electron chi connectivity index (χ1n) is 5.51. The molecule has 0 radical (unpaired) electrons. The number of fused-ring (bicyclic) bond motifs is 2. The monoisotopic (exact) mass is 243 g/mol. The predicted molar refractivity (Wildman–Crippen MR) is 70.2 cm³/mol. The molecule has 0 unspecified atom stereocenters. The number of hydrogen-bond acceptors (Lipinski definition) is 4. The van der Waals surface area contributed by atoms with Gasteiger partial charge in [0.2, 0.25) is 0 Å². The summed E-state index contributed by atoms with van der Waals surface area (Å²) in [6.07, 6.45) is 0. The maximum Gasteiger partial charge on any atom is 0.194 e. The van der Waals surface area contributed by atoms with Gasteiger partial charge in [-0.05, 0) is 12.1 Å². The van der Waals surface area contributed by atoms with Crippen molar-refractivity contribution < 1.29 is 4.84 Å². The van der Waals surface area contributed by atoms with Gasteiger partial charge in [0.15, 0.2) is 11.4 Å². The van der Waals surface area contributed by atoms with Crippen LogP contribution in [0.1, 0.15) is 0 Å². The second kappa shape index (κ2) is 3.79. The molecule has 2 aromatic carbocycles. The molecular weight excluding hydrogens is 232 g/mol. The molecule has 0 aromatic heterocycles. The Morgan fingerprint density at radius 1 is 0.944 bits per heavy atom. The van der Waals surface area contributed by atoms with Gasteiger partial charge in [0, 0.05) is 12.1 Å². The van der Waals surface area contributed by atoms with Crippen LogP contribution in [-0.2, 0) is 4.84 Å². The number of quaternary nitrogens is 1. The van der Waals surface area contributed by atoms with Crippen molar-refractivity contribution in [1.82, 2.24) is 4.81 Å². The largest absolute Gasteiger partial charge is 0.753 e. The van der Waals surface area contributed by atoms with Crippen molar-refractivity contribution >= 4 is 22.7 Å². The second-order valence-corrected chi connectivity index (χ2v) is 4.01. The van der Waals surface area contributed by atoms with Gasteiger partial charge in [-0.25, -0.2) is 0 Å². The lowest BCUT2D eigenvalue weighted by atomic mass is 10.1. The number of anilines is 2. The Kier molecular flexibility index (Phi) is 2.36. The topological polar surface area (TPSA) is 58.6 Å². The van der Waals surface area contributed by atoms with Gasteiger partial charge in [-0.3, -0.25) is 0 Å². The number of nitrogens with zero attached hydrogens (tertiary/aromatic N) is 2. The van der Waals surface area contributed by atoms with E-state index in [-0.39, 0.29) is 11.4 Å². The van der Waals surface area contributed by atoms with Crippen molar-refractivity contribution in [3.05, 3.63) is 58.9 Å². The summed E-state index contributed by atoms with van der Waals surface area (Å²) in [6, 6.07) is 13.3. The zero-order chi connectivity index (χ0) is 12.8. The molecule has 3 rings (SSSR count). The number of para-hydroxylation sites is 4. The molecule has 1 heterocycles. The third-order valence-corrected chi connectivity index (χ3v) is 3.09. The minimum atomic E-state index is -1.08. The molecule has 0 N–H and O–H groups in total.